The summed E-state index contributed by atoms with van der Waals surface area (Å²) in [6.45, 7) is 1.43. The number of rotatable bonds is 4. The fourth-order valence-electron chi connectivity index (χ4n) is 2.91. The van der Waals surface area contributed by atoms with Gasteiger partial charge in [0.15, 0.2) is 0 Å². The molecule has 3 aromatic heterocycles. The number of aromatic nitrogens is 1. The van der Waals surface area contributed by atoms with E-state index in [1.165, 1.54) is 11.3 Å². The molecule has 0 aliphatic carbocycles. The van der Waals surface area contributed by atoms with E-state index in [2.05, 4.69) is 26.2 Å². The normalized spacial score (nSPS) is 18.2. The van der Waals surface area contributed by atoms with E-state index < -0.39 is 0 Å². The first kappa shape index (κ1) is 16.4. The molecule has 1 saturated heterocycles. The number of ether oxygens (including phenoxy) is 1. The van der Waals surface area contributed by atoms with Gasteiger partial charge in [-0.3, -0.25) is 0 Å². The Morgan fingerprint density at radius 3 is 3.08 bits per heavy atom. The van der Waals surface area contributed by atoms with E-state index >= 15 is 0 Å². The van der Waals surface area contributed by atoms with Gasteiger partial charge in [0, 0.05) is 12.7 Å². The number of halogens is 2. The molecule has 0 saturated carbocycles. The molecule has 4 rings (SSSR count). The van der Waals surface area contributed by atoms with E-state index in [1.54, 1.807) is 17.6 Å². The molecule has 1 fully saturated rings. The van der Waals surface area contributed by atoms with Crippen molar-refractivity contribution in [3.05, 3.63) is 44.7 Å². The molecular formula is C17H16BrClN2O2S. The van der Waals surface area contributed by atoms with Crippen LogP contribution in [0.1, 0.15) is 36.0 Å². The average Bonchev–Trinajstić information content (AvgIpc) is 3.22. The Morgan fingerprint density at radius 1 is 1.42 bits per heavy atom. The number of thiophene rings is 1. The lowest BCUT2D eigenvalue weighted by Gasteiger charge is -2.21. The number of nitrogens with zero attached hydrogens (tertiary/aromatic N) is 1. The minimum Gasteiger partial charge on any atom is -0.467 e. The topological polar surface area (TPSA) is 47.3 Å². The molecule has 0 bridgehead atoms. The Morgan fingerprint density at radius 2 is 2.33 bits per heavy atom. The Balaban J connectivity index is 1.70. The van der Waals surface area contributed by atoms with Crippen LogP contribution < -0.4 is 5.32 Å². The highest BCUT2D eigenvalue weighted by Gasteiger charge is 2.24. The van der Waals surface area contributed by atoms with Crippen LogP contribution in [0.5, 0.6) is 0 Å². The molecule has 0 radical (unpaired) electrons. The molecule has 0 unspecified atom stereocenters. The van der Waals surface area contributed by atoms with Crippen molar-refractivity contribution in [3.8, 4) is 0 Å². The smallest absolute Gasteiger partial charge is 0.131 e. The fraction of sp³-hybridized carbons (Fsp3) is 0.353. The zero-order valence-electron chi connectivity index (χ0n) is 12.9. The first-order valence-corrected chi connectivity index (χ1v) is 9.87. The van der Waals surface area contributed by atoms with Gasteiger partial charge in [-0.05, 0) is 47.3 Å². The van der Waals surface area contributed by atoms with E-state index in [0.29, 0.717) is 11.7 Å². The third kappa shape index (κ3) is 3.20. The predicted octanol–water partition coefficient (Wildman–Crippen LogP) is 6.16. The number of furan rings is 1. The molecule has 1 atom stereocenters. The van der Waals surface area contributed by atoms with Crippen molar-refractivity contribution in [2.45, 2.75) is 31.9 Å². The molecule has 1 aliphatic rings. The van der Waals surface area contributed by atoms with Crippen molar-refractivity contribution in [1.82, 2.24) is 4.98 Å². The van der Waals surface area contributed by atoms with Crippen molar-refractivity contribution in [2.24, 2.45) is 0 Å². The van der Waals surface area contributed by atoms with Crippen molar-refractivity contribution in [1.29, 1.82) is 0 Å². The molecule has 24 heavy (non-hydrogen) atoms. The number of anilines is 1. The monoisotopic (exact) mass is 426 g/mol. The molecule has 1 aliphatic heterocycles. The summed E-state index contributed by atoms with van der Waals surface area (Å²) in [6, 6.07) is 5.69. The van der Waals surface area contributed by atoms with Gasteiger partial charge in [-0.25, -0.2) is 4.98 Å². The van der Waals surface area contributed by atoms with Crippen molar-refractivity contribution >= 4 is 54.8 Å². The lowest BCUT2D eigenvalue weighted by atomic mass is 10.1. The number of fused-ring (bicyclic) bond motifs is 1. The molecule has 126 valence electrons. The Bertz CT molecular complexity index is 844. The van der Waals surface area contributed by atoms with E-state index in [1.807, 2.05) is 18.2 Å². The average molecular weight is 428 g/mol. The molecule has 0 amide bonds. The van der Waals surface area contributed by atoms with Gasteiger partial charge in [-0.15, -0.1) is 11.3 Å². The van der Waals surface area contributed by atoms with E-state index in [0.717, 1.165) is 45.6 Å². The second-order valence-corrected chi connectivity index (χ2v) is 7.97. The van der Waals surface area contributed by atoms with Crippen LogP contribution in [0, 0.1) is 0 Å². The Labute approximate surface area is 157 Å². The molecule has 3 aromatic rings. The molecule has 1 N–H and O–H groups in total. The highest BCUT2D eigenvalue weighted by atomic mass is 79.9. The van der Waals surface area contributed by atoms with Crippen LogP contribution in [-0.4, -0.2) is 11.6 Å². The molecule has 7 heteroatoms. The quantitative estimate of drug-likeness (QED) is 0.507. The fourth-order valence-corrected chi connectivity index (χ4v) is 5.23. The first-order valence-electron chi connectivity index (χ1n) is 7.88. The number of pyridine rings is 1. The molecule has 4 heterocycles. The summed E-state index contributed by atoms with van der Waals surface area (Å²) in [4.78, 5) is 5.70. The largest absolute Gasteiger partial charge is 0.467 e. The molecular weight excluding hydrogens is 412 g/mol. The number of nitrogens with one attached hydrogen (secondary N) is 1. The van der Waals surface area contributed by atoms with Gasteiger partial charge in [0.1, 0.15) is 10.9 Å². The van der Waals surface area contributed by atoms with Crippen LogP contribution in [0.2, 0.25) is 5.15 Å². The van der Waals surface area contributed by atoms with Crippen molar-refractivity contribution in [2.75, 3.05) is 11.9 Å². The van der Waals surface area contributed by atoms with E-state index in [-0.39, 0.29) is 6.10 Å². The van der Waals surface area contributed by atoms with E-state index in [9.17, 15) is 0 Å². The van der Waals surface area contributed by atoms with Gasteiger partial charge in [0.2, 0.25) is 0 Å². The van der Waals surface area contributed by atoms with Crippen LogP contribution in [-0.2, 0) is 11.3 Å². The van der Waals surface area contributed by atoms with Gasteiger partial charge in [0.05, 0.1) is 44.2 Å². The van der Waals surface area contributed by atoms with Gasteiger partial charge in [-0.1, -0.05) is 11.6 Å². The number of hydrogen-bond donors (Lipinski definition) is 1. The highest BCUT2D eigenvalue weighted by Crippen LogP contribution is 2.45. The highest BCUT2D eigenvalue weighted by molar-refractivity contribution is 9.10. The second-order valence-electron chi connectivity index (χ2n) is 5.74. The van der Waals surface area contributed by atoms with Crippen LogP contribution >= 0.6 is 38.9 Å². The van der Waals surface area contributed by atoms with Gasteiger partial charge >= 0.3 is 0 Å². The lowest BCUT2D eigenvalue weighted by molar-refractivity contribution is 0.0168. The molecule has 0 spiro atoms. The maximum Gasteiger partial charge on any atom is 0.131 e. The van der Waals surface area contributed by atoms with Gasteiger partial charge in [-0.2, -0.15) is 0 Å². The summed E-state index contributed by atoms with van der Waals surface area (Å²) in [7, 11) is 0. The Hall–Kier alpha value is -1.08. The van der Waals surface area contributed by atoms with Crippen molar-refractivity contribution < 1.29 is 9.15 Å². The molecule has 4 nitrogen and oxygen atoms in total. The zero-order chi connectivity index (χ0) is 16.5. The van der Waals surface area contributed by atoms with Crippen molar-refractivity contribution in [3.63, 3.8) is 0 Å². The third-order valence-electron chi connectivity index (χ3n) is 4.08. The SMILES string of the molecule is Clc1cc(NCc2ccco2)c2sc([C@H]3CCCCO3)c(Br)c2n1. The lowest BCUT2D eigenvalue weighted by Crippen LogP contribution is -2.10. The summed E-state index contributed by atoms with van der Waals surface area (Å²) in [5.41, 5.74) is 1.85. The van der Waals surface area contributed by atoms with Crippen LogP contribution in [0.3, 0.4) is 0 Å². The zero-order valence-corrected chi connectivity index (χ0v) is 16.0. The second kappa shape index (κ2) is 7.04. The van der Waals surface area contributed by atoms with Crippen LogP contribution in [0.25, 0.3) is 10.2 Å². The predicted molar refractivity (Wildman–Crippen MR) is 101 cm³/mol. The summed E-state index contributed by atoms with van der Waals surface area (Å²) >= 11 is 11.7. The maximum atomic E-state index is 6.23. The minimum absolute atomic E-state index is 0.143. The van der Waals surface area contributed by atoms with E-state index in [4.69, 9.17) is 20.8 Å². The number of hydrogen-bond acceptors (Lipinski definition) is 5. The summed E-state index contributed by atoms with van der Waals surface area (Å²) in [5, 5.41) is 3.88. The van der Waals surface area contributed by atoms with Gasteiger partial charge in [0.25, 0.3) is 0 Å². The Kier molecular flexibility index (Phi) is 4.81. The summed E-state index contributed by atoms with van der Waals surface area (Å²) < 4.78 is 13.4. The summed E-state index contributed by atoms with van der Waals surface area (Å²) in [6.07, 6.45) is 5.20. The summed E-state index contributed by atoms with van der Waals surface area (Å²) in [5.74, 6) is 0.877. The van der Waals surface area contributed by atoms with Crippen LogP contribution in [0.4, 0.5) is 5.69 Å². The first-order chi connectivity index (χ1) is 11.7. The maximum absolute atomic E-state index is 6.23. The third-order valence-corrected chi connectivity index (χ3v) is 6.65. The van der Waals surface area contributed by atoms with Crippen LogP contribution in [0.15, 0.2) is 33.4 Å². The van der Waals surface area contributed by atoms with Gasteiger partial charge < -0.3 is 14.5 Å². The molecule has 0 aromatic carbocycles. The standard InChI is InChI=1S/C17H16BrClN2O2S/c18-14-15-16(24-17(14)12-5-1-2-6-23-12)11(8-13(19)21-15)20-9-10-4-3-7-22-10/h3-4,7-8,12H,1-2,5-6,9H2,(H,20,21)/t12-/m1/s1. The minimum atomic E-state index is 0.143.